The second kappa shape index (κ2) is 5.99. The third-order valence-electron chi connectivity index (χ3n) is 3.02. The van der Waals surface area contributed by atoms with Crippen LogP contribution in [0.5, 0.6) is 0 Å². The molecule has 0 bridgehead atoms. The summed E-state index contributed by atoms with van der Waals surface area (Å²) in [5.74, 6) is -2.29. The van der Waals surface area contributed by atoms with Gasteiger partial charge in [0.25, 0.3) is 5.92 Å². The van der Waals surface area contributed by atoms with Gasteiger partial charge in [0.15, 0.2) is 11.5 Å². The van der Waals surface area contributed by atoms with E-state index in [1.54, 1.807) is 26.1 Å². The van der Waals surface area contributed by atoms with E-state index in [2.05, 4.69) is 25.3 Å². The van der Waals surface area contributed by atoms with Gasteiger partial charge in [0.2, 0.25) is 0 Å². The van der Waals surface area contributed by atoms with E-state index in [-0.39, 0.29) is 5.56 Å². The van der Waals surface area contributed by atoms with Crippen LogP contribution in [0.1, 0.15) is 29.4 Å². The van der Waals surface area contributed by atoms with Gasteiger partial charge in [-0.25, -0.2) is 13.4 Å². The minimum Gasteiger partial charge on any atom is -0.364 e. The fraction of sp³-hybridized carbons (Fsp3) is 0.357. The van der Waals surface area contributed by atoms with Crippen molar-refractivity contribution in [1.82, 2.24) is 15.6 Å². The largest absolute Gasteiger partial charge is 0.364 e. The lowest BCUT2D eigenvalue weighted by atomic mass is 10.1. The summed E-state index contributed by atoms with van der Waals surface area (Å²) in [6, 6.07) is 6.15. The monoisotopic (exact) mass is 294 g/mol. The van der Waals surface area contributed by atoms with E-state index in [1.807, 2.05) is 0 Å². The molecule has 21 heavy (non-hydrogen) atoms. The van der Waals surface area contributed by atoms with Gasteiger partial charge >= 0.3 is 0 Å². The first-order valence-electron chi connectivity index (χ1n) is 6.39. The molecule has 0 saturated carbocycles. The van der Waals surface area contributed by atoms with E-state index in [0.29, 0.717) is 23.8 Å². The summed E-state index contributed by atoms with van der Waals surface area (Å²) in [6.07, 6.45) is 0. The molecular formula is C14H16F2N4O. The van der Waals surface area contributed by atoms with Crippen LogP contribution in [0.3, 0.4) is 0 Å². The van der Waals surface area contributed by atoms with E-state index in [9.17, 15) is 8.78 Å². The zero-order valence-corrected chi connectivity index (χ0v) is 12.0. The van der Waals surface area contributed by atoms with E-state index in [1.165, 1.54) is 12.1 Å². The normalized spacial score (nSPS) is 12.5. The van der Waals surface area contributed by atoms with Gasteiger partial charge in [-0.1, -0.05) is 29.4 Å². The van der Waals surface area contributed by atoms with E-state index >= 15 is 0 Å². The Morgan fingerprint density at radius 2 is 1.95 bits per heavy atom. The summed E-state index contributed by atoms with van der Waals surface area (Å²) in [5, 5.41) is 10.5. The molecule has 1 aromatic heterocycles. The van der Waals surface area contributed by atoms with Crippen molar-refractivity contribution in [1.29, 1.82) is 0 Å². The zero-order valence-electron chi connectivity index (χ0n) is 12.0. The Balaban J connectivity index is 2.04. The Bertz CT molecular complexity index is 629. The third-order valence-corrected chi connectivity index (χ3v) is 3.02. The van der Waals surface area contributed by atoms with Gasteiger partial charge in [-0.15, -0.1) is 0 Å². The number of halogens is 2. The van der Waals surface area contributed by atoms with Crippen LogP contribution in [0.4, 0.5) is 8.78 Å². The molecular weight excluding hydrogens is 278 g/mol. The molecule has 2 rings (SSSR count). The van der Waals surface area contributed by atoms with Gasteiger partial charge in [0.05, 0.1) is 0 Å². The Labute approximate surface area is 121 Å². The van der Waals surface area contributed by atoms with Crippen molar-refractivity contribution in [3.8, 4) is 0 Å². The second-order valence-corrected chi connectivity index (χ2v) is 4.71. The maximum atomic E-state index is 13.1. The molecule has 0 aliphatic carbocycles. The summed E-state index contributed by atoms with van der Waals surface area (Å²) >= 11 is 0. The van der Waals surface area contributed by atoms with Crippen molar-refractivity contribution in [2.24, 2.45) is 4.99 Å². The predicted molar refractivity (Wildman–Crippen MR) is 74.3 cm³/mol. The average molecular weight is 294 g/mol. The molecule has 0 spiro atoms. The van der Waals surface area contributed by atoms with Gasteiger partial charge in [0.1, 0.15) is 5.69 Å². The standard InChI is InChI=1S/C14H16F2N4O/c1-9-12(20-21-19-9)13(17-3)18-8-10-4-6-11(7-5-10)14(2,15)16/h4-7H,8H2,1-3H3,(H,17,18). The maximum absolute atomic E-state index is 13.1. The van der Waals surface area contributed by atoms with Crippen LogP contribution in [-0.2, 0) is 12.5 Å². The Kier molecular flexibility index (Phi) is 4.30. The van der Waals surface area contributed by atoms with Gasteiger partial charge < -0.3 is 5.32 Å². The molecule has 1 N–H and O–H groups in total. The number of nitrogens with one attached hydrogen (secondary N) is 1. The summed E-state index contributed by atoms with van der Waals surface area (Å²) < 4.78 is 30.9. The van der Waals surface area contributed by atoms with Gasteiger partial charge in [-0.3, -0.25) is 4.99 Å². The molecule has 5 nitrogen and oxygen atoms in total. The number of aliphatic imine (C=N–C) groups is 1. The fourth-order valence-corrected chi connectivity index (χ4v) is 1.82. The molecule has 0 saturated heterocycles. The summed E-state index contributed by atoms with van der Waals surface area (Å²) in [5.41, 5.74) is 2.02. The molecule has 1 aromatic carbocycles. The van der Waals surface area contributed by atoms with Crippen LogP contribution in [0.25, 0.3) is 0 Å². The smallest absolute Gasteiger partial charge is 0.270 e. The molecule has 0 aliphatic rings. The molecule has 112 valence electrons. The van der Waals surface area contributed by atoms with Gasteiger partial charge in [-0.2, -0.15) is 0 Å². The number of aryl methyl sites for hydroxylation is 1. The number of rotatable bonds is 4. The highest BCUT2D eigenvalue weighted by Gasteiger charge is 2.23. The zero-order chi connectivity index (χ0) is 15.5. The van der Waals surface area contributed by atoms with E-state index in [0.717, 1.165) is 12.5 Å². The van der Waals surface area contributed by atoms with Crippen LogP contribution in [-0.4, -0.2) is 23.2 Å². The Morgan fingerprint density at radius 3 is 2.43 bits per heavy atom. The van der Waals surface area contributed by atoms with E-state index in [4.69, 9.17) is 0 Å². The third kappa shape index (κ3) is 3.62. The van der Waals surface area contributed by atoms with Crippen LogP contribution >= 0.6 is 0 Å². The summed E-state index contributed by atoms with van der Waals surface area (Å²) in [6.45, 7) is 3.08. The molecule has 0 fully saturated rings. The summed E-state index contributed by atoms with van der Waals surface area (Å²) in [7, 11) is 1.62. The first-order valence-corrected chi connectivity index (χ1v) is 6.39. The Hall–Kier alpha value is -2.31. The van der Waals surface area contributed by atoms with E-state index < -0.39 is 5.92 Å². The first-order chi connectivity index (χ1) is 9.91. The lowest BCUT2D eigenvalue weighted by Crippen LogP contribution is -2.25. The van der Waals surface area contributed by atoms with Crippen molar-refractivity contribution >= 4 is 5.84 Å². The number of aromatic nitrogens is 2. The number of hydrogen-bond acceptors (Lipinski definition) is 4. The minimum atomic E-state index is -2.83. The van der Waals surface area contributed by atoms with Crippen molar-refractivity contribution in [2.45, 2.75) is 26.3 Å². The molecule has 0 aliphatic heterocycles. The molecule has 0 radical (unpaired) electrons. The highest BCUT2D eigenvalue weighted by Crippen LogP contribution is 2.26. The second-order valence-electron chi connectivity index (χ2n) is 4.71. The number of hydrogen-bond donors (Lipinski definition) is 1. The quantitative estimate of drug-likeness (QED) is 0.695. The molecule has 0 unspecified atom stereocenters. The maximum Gasteiger partial charge on any atom is 0.270 e. The van der Waals surface area contributed by atoms with Crippen molar-refractivity contribution in [3.05, 3.63) is 46.8 Å². The molecule has 7 heteroatoms. The number of nitrogens with zero attached hydrogens (tertiary/aromatic N) is 3. The lowest BCUT2D eigenvalue weighted by Gasteiger charge is -2.12. The fourth-order valence-electron chi connectivity index (χ4n) is 1.82. The minimum absolute atomic E-state index is 0.00724. The number of alkyl halides is 2. The van der Waals surface area contributed by atoms with Gasteiger partial charge in [-0.05, 0) is 17.6 Å². The number of amidine groups is 1. The first kappa shape index (κ1) is 15.1. The van der Waals surface area contributed by atoms with Crippen LogP contribution < -0.4 is 5.32 Å². The molecule has 1 heterocycles. The highest BCUT2D eigenvalue weighted by atomic mass is 19.3. The number of benzene rings is 1. The molecule has 0 atom stereocenters. The topological polar surface area (TPSA) is 63.3 Å². The SMILES string of the molecule is CN=C(NCc1ccc(C(C)(F)F)cc1)c1nonc1C. The average Bonchev–Trinajstić information content (AvgIpc) is 2.86. The highest BCUT2D eigenvalue weighted by molar-refractivity contribution is 5.97. The lowest BCUT2D eigenvalue weighted by molar-refractivity contribution is 0.0174. The van der Waals surface area contributed by atoms with Crippen molar-refractivity contribution in [2.75, 3.05) is 7.05 Å². The van der Waals surface area contributed by atoms with Crippen LogP contribution in [0, 0.1) is 6.92 Å². The predicted octanol–water partition coefficient (Wildman–Crippen LogP) is 2.66. The molecule has 0 amide bonds. The summed E-state index contributed by atoms with van der Waals surface area (Å²) in [4.78, 5) is 4.09. The van der Waals surface area contributed by atoms with Gasteiger partial charge in [0, 0.05) is 26.1 Å². The van der Waals surface area contributed by atoms with Crippen LogP contribution in [0.2, 0.25) is 0 Å². The molecule has 2 aromatic rings. The van der Waals surface area contributed by atoms with Crippen LogP contribution in [0.15, 0.2) is 33.9 Å². The van der Waals surface area contributed by atoms with Crippen molar-refractivity contribution < 1.29 is 13.4 Å². The van der Waals surface area contributed by atoms with Crippen molar-refractivity contribution in [3.63, 3.8) is 0 Å². The Morgan fingerprint density at radius 1 is 1.29 bits per heavy atom.